The van der Waals surface area contributed by atoms with E-state index in [0.717, 1.165) is 4.88 Å². The number of thiophene rings is 1. The number of hydrogen-bond acceptors (Lipinski definition) is 4. The summed E-state index contributed by atoms with van der Waals surface area (Å²) >= 11 is 1.39. The van der Waals surface area contributed by atoms with Gasteiger partial charge in [-0.15, -0.1) is 11.3 Å². The lowest BCUT2D eigenvalue weighted by Gasteiger charge is -2.25. The minimum atomic E-state index is -0.824. The van der Waals surface area contributed by atoms with Gasteiger partial charge < -0.3 is 15.2 Å². The van der Waals surface area contributed by atoms with Gasteiger partial charge in [0, 0.05) is 11.4 Å². The number of nitrogens with one attached hydrogen (secondary N) is 1. The van der Waals surface area contributed by atoms with Crippen LogP contribution in [0.4, 0.5) is 0 Å². The lowest BCUT2D eigenvalue weighted by atomic mass is 9.98. The molecular formula is C13H21NO3S. The molecule has 0 aliphatic carbocycles. The predicted octanol–water partition coefficient (Wildman–Crippen LogP) is 2.35. The molecule has 0 atom stereocenters. The van der Waals surface area contributed by atoms with Gasteiger partial charge in [-0.25, -0.2) is 0 Å². The Labute approximate surface area is 112 Å². The molecule has 0 saturated carbocycles. The summed E-state index contributed by atoms with van der Waals surface area (Å²) in [5.41, 5.74) is -0.824. The van der Waals surface area contributed by atoms with Crippen LogP contribution in [-0.4, -0.2) is 30.3 Å². The zero-order chi connectivity index (χ0) is 13.8. The van der Waals surface area contributed by atoms with Gasteiger partial charge in [-0.1, -0.05) is 13.8 Å². The van der Waals surface area contributed by atoms with Crippen molar-refractivity contribution in [1.82, 2.24) is 5.32 Å². The Bertz CT molecular complexity index is 410. The van der Waals surface area contributed by atoms with Crippen molar-refractivity contribution >= 4 is 17.2 Å². The third kappa shape index (κ3) is 3.46. The molecule has 2 N–H and O–H groups in total. The molecule has 5 heteroatoms. The van der Waals surface area contributed by atoms with Crippen molar-refractivity contribution in [3.8, 4) is 5.75 Å². The van der Waals surface area contributed by atoms with Crippen LogP contribution < -0.4 is 10.1 Å². The monoisotopic (exact) mass is 271 g/mol. The molecule has 0 unspecified atom stereocenters. The number of aryl methyl sites for hydroxylation is 1. The van der Waals surface area contributed by atoms with E-state index < -0.39 is 5.60 Å². The predicted molar refractivity (Wildman–Crippen MR) is 73.5 cm³/mol. The molecular weight excluding hydrogens is 250 g/mol. The second kappa shape index (κ2) is 6.20. The van der Waals surface area contributed by atoms with Gasteiger partial charge in [0.1, 0.15) is 10.6 Å². The highest BCUT2D eigenvalue weighted by Gasteiger charge is 2.24. The Morgan fingerprint density at radius 2 is 2.11 bits per heavy atom. The molecule has 0 radical (unpaired) electrons. The summed E-state index contributed by atoms with van der Waals surface area (Å²) in [6, 6.07) is 1.84. The van der Waals surface area contributed by atoms with Crippen molar-refractivity contribution in [3.05, 3.63) is 15.8 Å². The summed E-state index contributed by atoms with van der Waals surface area (Å²) < 4.78 is 5.16. The van der Waals surface area contributed by atoms with Crippen molar-refractivity contribution in [2.75, 3.05) is 13.7 Å². The van der Waals surface area contributed by atoms with Crippen molar-refractivity contribution in [2.45, 2.75) is 39.2 Å². The molecule has 1 heterocycles. The highest BCUT2D eigenvalue weighted by atomic mass is 32.1. The Morgan fingerprint density at radius 3 is 2.61 bits per heavy atom. The lowest BCUT2D eigenvalue weighted by molar-refractivity contribution is 0.0314. The first-order chi connectivity index (χ1) is 8.45. The minimum Gasteiger partial charge on any atom is -0.495 e. The van der Waals surface area contributed by atoms with E-state index in [2.05, 4.69) is 5.32 Å². The molecule has 1 amide bonds. The second-order valence-corrected chi connectivity index (χ2v) is 5.62. The first-order valence-corrected chi connectivity index (χ1v) is 6.92. The van der Waals surface area contributed by atoms with Crippen molar-refractivity contribution in [1.29, 1.82) is 0 Å². The fourth-order valence-corrected chi connectivity index (χ4v) is 2.52. The van der Waals surface area contributed by atoms with E-state index in [1.807, 2.05) is 26.8 Å². The van der Waals surface area contributed by atoms with E-state index in [1.54, 1.807) is 7.11 Å². The minimum absolute atomic E-state index is 0.190. The third-order valence-corrected chi connectivity index (χ3v) is 4.17. The molecule has 0 saturated heterocycles. The van der Waals surface area contributed by atoms with E-state index in [-0.39, 0.29) is 12.5 Å². The van der Waals surface area contributed by atoms with E-state index in [1.165, 1.54) is 11.3 Å². The van der Waals surface area contributed by atoms with Crippen LogP contribution in [0.5, 0.6) is 5.75 Å². The van der Waals surface area contributed by atoms with Gasteiger partial charge in [-0.3, -0.25) is 4.79 Å². The molecule has 102 valence electrons. The van der Waals surface area contributed by atoms with E-state index in [9.17, 15) is 9.90 Å². The van der Waals surface area contributed by atoms with Gasteiger partial charge in [0.25, 0.3) is 5.91 Å². The van der Waals surface area contributed by atoms with Crippen molar-refractivity contribution < 1.29 is 14.6 Å². The first-order valence-electron chi connectivity index (χ1n) is 6.10. The zero-order valence-corrected chi connectivity index (χ0v) is 12.2. The van der Waals surface area contributed by atoms with Crippen LogP contribution in [0.25, 0.3) is 0 Å². The first kappa shape index (κ1) is 15.0. The van der Waals surface area contributed by atoms with Crippen molar-refractivity contribution in [3.63, 3.8) is 0 Å². The maximum absolute atomic E-state index is 12.0. The average Bonchev–Trinajstić information content (AvgIpc) is 2.76. The molecule has 0 aromatic carbocycles. The number of amides is 1. The summed E-state index contributed by atoms with van der Waals surface area (Å²) in [7, 11) is 1.55. The van der Waals surface area contributed by atoms with E-state index >= 15 is 0 Å². The fourth-order valence-electron chi connectivity index (χ4n) is 1.63. The normalized spacial score (nSPS) is 11.4. The van der Waals surface area contributed by atoms with Gasteiger partial charge in [0.05, 0.1) is 12.7 Å². The van der Waals surface area contributed by atoms with Crippen LogP contribution >= 0.6 is 11.3 Å². The van der Waals surface area contributed by atoms with Gasteiger partial charge in [0.2, 0.25) is 0 Å². The summed E-state index contributed by atoms with van der Waals surface area (Å²) in [4.78, 5) is 13.6. The molecule has 1 rings (SSSR count). The molecule has 18 heavy (non-hydrogen) atoms. The van der Waals surface area contributed by atoms with Gasteiger partial charge in [-0.2, -0.15) is 0 Å². The van der Waals surface area contributed by atoms with Crippen LogP contribution in [0, 0.1) is 6.92 Å². The Balaban J connectivity index is 2.71. The highest BCUT2D eigenvalue weighted by molar-refractivity contribution is 7.14. The van der Waals surface area contributed by atoms with Crippen LogP contribution in [0.2, 0.25) is 0 Å². The molecule has 0 bridgehead atoms. The standard InChI is InChI=1S/C13H21NO3S/c1-5-13(16,6-2)8-14-12(15)11-10(17-4)7-9(3)18-11/h7,16H,5-6,8H2,1-4H3,(H,14,15). The maximum atomic E-state index is 12.0. The second-order valence-electron chi connectivity index (χ2n) is 4.37. The van der Waals surface area contributed by atoms with Crippen LogP contribution in [-0.2, 0) is 0 Å². The Hall–Kier alpha value is -1.07. The zero-order valence-electron chi connectivity index (χ0n) is 11.4. The summed E-state index contributed by atoms with van der Waals surface area (Å²) in [6.45, 7) is 6.01. The number of carbonyl (C=O) groups is 1. The quantitative estimate of drug-likeness (QED) is 0.835. The third-order valence-electron chi connectivity index (χ3n) is 3.14. The molecule has 1 aromatic rings. The van der Waals surface area contributed by atoms with Crippen LogP contribution in [0.15, 0.2) is 6.07 Å². The molecule has 0 aliphatic rings. The topological polar surface area (TPSA) is 58.6 Å². The van der Waals surface area contributed by atoms with Crippen molar-refractivity contribution in [2.24, 2.45) is 0 Å². The number of rotatable bonds is 6. The molecule has 0 fully saturated rings. The highest BCUT2D eigenvalue weighted by Crippen LogP contribution is 2.28. The summed E-state index contributed by atoms with van der Waals surface area (Å²) in [5.74, 6) is 0.400. The number of aliphatic hydroxyl groups is 1. The van der Waals surface area contributed by atoms with Crippen LogP contribution in [0.1, 0.15) is 41.2 Å². The molecule has 4 nitrogen and oxygen atoms in total. The maximum Gasteiger partial charge on any atom is 0.265 e. The molecule has 1 aromatic heterocycles. The summed E-state index contributed by atoms with van der Waals surface area (Å²) in [6.07, 6.45) is 1.23. The Morgan fingerprint density at radius 1 is 1.50 bits per heavy atom. The Kier molecular flexibility index (Phi) is 5.16. The van der Waals surface area contributed by atoms with Gasteiger partial charge >= 0.3 is 0 Å². The SMILES string of the molecule is CCC(O)(CC)CNC(=O)c1sc(C)cc1OC. The molecule has 0 aliphatic heterocycles. The number of ether oxygens (including phenoxy) is 1. The fraction of sp³-hybridized carbons (Fsp3) is 0.615. The van der Waals surface area contributed by atoms with Gasteiger partial charge in [-0.05, 0) is 25.8 Å². The number of carbonyl (C=O) groups excluding carboxylic acids is 1. The number of hydrogen-bond donors (Lipinski definition) is 2. The largest absolute Gasteiger partial charge is 0.495 e. The molecule has 0 spiro atoms. The van der Waals surface area contributed by atoms with E-state index in [4.69, 9.17) is 4.74 Å². The number of methoxy groups -OCH3 is 1. The smallest absolute Gasteiger partial charge is 0.265 e. The van der Waals surface area contributed by atoms with Crippen LogP contribution in [0.3, 0.4) is 0 Å². The average molecular weight is 271 g/mol. The lowest BCUT2D eigenvalue weighted by Crippen LogP contribution is -2.41. The summed E-state index contributed by atoms with van der Waals surface area (Å²) in [5, 5.41) is 12.9. The van der Waals surface area contributed by atoms with E-state index in [0.29, 0.717) is 23.5 Å². The van der Waals surface area contributed by atoms with Gasteiger partial charge in [0.15, 0.2) is 0 Å².